The highest BCUT2D eigenvalue weighted by atomic mass is 32.1. The normalized spacial score (nSPS) is 11.0. The minimum atomic E-state index is -0.545. The van der Waals surface area contributed by atoms with Crippen LogP contribution in [-0.4, -0.2) is 30.8 Å². The lowest BCUT2D eigenvalue weighted by Crippen LogP contribution is -2.14. The van der Waals surface area contributed by atoms with Gasteiger partial charge in [0.15, 0.2) is 5.01 Å². The van der Waals surface area contributed by atoms with Gasteiger partial charge in [-0.1, -0.05) is 41.2 Å². The topological polar surface area (TPSA) is 102 Å². The summed E-state index contributed by atoms with van der Waals surface area (Å²) in [6, 6.07) is 10.9. The second-order valence-electron chi connectivity index (χ2n) is 6.03. The van der Waals surface area contributed by atoms with Gasteiger partial charge >= 0.3 is 5.97 Å². The third-order valence-electron chi connectivity index (χ3n) is 3.89. The number of esters is 1. The maximum atomic E-state index is 12.3. The number of aromatic nitrogens is 5. The lowest BCUT2D eigenvalue weighted by Gasteiger charge is -1.99. The molecule has 0 spiro atoms. The first-order chi connectivity index (χ1) is 13.0. The Balaban J connectivity index is 1.48. The van der Waals surface area contributed by atoms with Gasteiger partial charge in [0, 0.05) is 17.3 Å². The van der Waals surface area contributed by atoms with Crippen molar-refractivity contribution >= 4 is 22.3 Å². The summed E-state index contributed by atoms with van der Waals surface area (Å²) >= 11 is 1.20. The third-order valence-corrected chi connectivity index (χ3v) is 4.77. The zero-order chi connectivity index (χ0) is 19.0. The van der Waals surface area contributed by atoms with Gasteiger partial charge in [0.05, 0.1) is 5.69 Å². The summed E-state index contributed by atoms with van der Waals surface area (Å²) in [4.78, 5) is 28.8. The van der Waals surface area contributed by atoms with Gasteiger partial charge in [0.1, 0.15) is 12.3 Å². The number of hydrogen-bond acceptors (Lipinski definition) is 7. The first kappa shape index (κ1) is 17.1. The van der Waals surface area contributed by atoms with Gasteiger partial charge < -0.3 is 4.74 Å². The monoisotopic (exact) mass is 381 g/mol. The van der Waals surface area contributed by atoms with Gasteiger partial charge in [0.2, 0.25) is 4.96 Å². The van der Waals surface area contributed by atoms with E-state index in [4.69, 9.17) is 4.74 Å². The molecule has 1 aromatic carbocycles. The highest BCUT2D eigenvalue weighted by Gasteiger charge is 2.15. The SMILES string of the molecule is Cc1ccc(-c2cc(C(=O)OCc3nn4c(=O)cc(C)nc4s3)[nH]n2)cc1. The first-order valence-electron chi connectivity index (χ1n) is 8.15. The van der Waals surface area contributed by atoms with E-state index in [0.717, 1.165) is 11.1 Å². The van der Waals surface area contributed by atoms with Gasteiger partial charge in [-0.25, -0.2) is 9.78 Å². The fourth-order valence-corrected chi connectivity index (χ4v) is 3.38. The Labute approximate surface area is 157 Å². The number of benzene rings is 1. The fourth-order valence-electron chi connectivity index (χ4n) is 2.52. The lowest BCUT2D eigenvalue weighted by atomic mass is 10.1. The quantitative estimate of drug-likeness (QED) is 0.545. The Bertz CT molecular complexity index is 1190. The minimum absolute atomic E-state index is 0.0514. The van der Waals surface area contributed by atoms with Gasteiger partial charge in [-0.2, -0.15) is 14.7 Å². The Morgan fingerprint density at radius 2 is 2.00 bits per heavy atom. The number of hydrogen-bond donors (Lipinski definition) is 1. The standard InChI is InChI=1S/C18H15N5O3S/c1-10-3-5-12(6-4-10)13-8-14(21-20-13)17(25)26-9-15-22-23-16(24)7-11(2)19-18(23)27-15/h3-8H,9H2,1-2H3,(H,20,21). The van der Waals surface area contributed by atoms with E-state index in [1.807, 2.05) is 31.2 Å². The molecule has 0 atom stereocenters. The molecule has 0 radical (unpaired) electrons. The zero-order valence-corrected chi connectivity index (χ0v) is 15.4. The van der Waals surface area contributed by atoms with E-state index in [-0.39, 0.29) is 17.9 Å². The molecule has 136 valence electrons. The molecule has 3 heterocycles. The molecular formula is C18H15N5O3S. The van der Waals surface area contributed by atoms with Crippen LogP contribution in [0.4, 0.5) is 0 Å². The van der Waals surface area contributed by atoms with Gasteiger partial charge in [-0.05, 0) is 19.9 Å². The Hall–Kier alpha value is -3.33. The molecule has 0 amide bonds. The van der Waals surface area contributed by atoms with E-state index in [9.17, 15) is 9.59 Å². The van der Waals surface area contributed by atoms with Crippen molar-refractivity contribution in [1.29, 1.82) is 0 Å². The highest BCUT2D eigenvalue weighted by Crippen LogP contribution is 2.19. The lowest BCUT2D eigenvalue weighted by molar-refractivity contribution is 0.0464. The third kappa shape index (κ3) is 3.49. The number of aryl methyl sites for hydroxylation is 2. The molecule has 4 aromatic rings. The number of rotatable bonds is 4. The van der Waals surface area contributed by atoms with Crippen molar-refractivity contribution in [1.82, 2.24) is 24.8 Å². The molecular weight excluding hydrogens is 366 g/mol. The molecule has 3 aromatic heterocycles. The number of H-pyrrole nitrogens is 1. The molecule has 4 rings (SSSR count). The Morgan fingerprint density at radius 1 is 1.22 bits per heavy atom. The van der Waals surface area contributed by atoms with Crippen molar-refractivity contribution in [2.45, 2.75) is 20.5 Å². The van der Waals surface area contributed by atoms with Crippen LogP contribution in [0.25, 0.3) is 16.2 Å². The van der Waals surface area contributed by atoms with Crippen LogP contribution in [-0.2, 0) is 11.3 Å². The van der Waals surface area contributed by atoms with Gasteiger partial charge in [0.25, 0.3) is 5.56 Å². The van der Waals surface area contributed by atoms with E-state index >= 15 is 0 Å². The molecule has 0 fully saturated rings. The number of carbonyl (C=O) groups excluding carboxylic acids is 1. The summed E-state index contributed by atoms with van der Waals surface area (Å²) in [6.07, 6.45) is 0. The second-order valence-corrected chi connectivity index (χ2v) is 7.08. The predicted molar refractivity (Wildman–Crippen MR) is 99.8 cm³/mol. The van der Waals surface area contributed by atoms with E-state index in [0.29, 0.717) is 21.4 Å². The van der Waals surface area contributed by atoms with E-state index < -0.39 is 5.97 Å². The Morgan fingerprint density at radius 3 is 2.78 bits per heavy atom. The number of aromatic amines is 1. The summed E-state index contributed by atoms with van der Waals surface area (Å²) in [5.74, 6) is -0.545. The molecule has 0 aliphatic carbocycles. The number of nitrogens with zero attached hydrogens (tertiary/aromatic N) is 4. The van der Waals surface area contributed by atoms with E-state index in [1.54, 1.807) is 13.0 Å². The molecule has 1 N–H and O–H groups in total. The van der Waals surface area contributed by atoms with Crippen LogP contribution in [0.3, 0.4) is 0 Å². The molecule has 8 nitrogen and oxygen atoms in total. The first-order valence-corrected chi connectivity index (χ1v) is 8.97. The molecule has 0 unspecified atom stereocenters. The highest BCUT2D eigenvalue weighted by molar-refractivity contribution is 7.16. The maximum absolute atomic E-state index is 12.3. The van der Waals surface area contributed by atoms with Crippen molar-refractivity contribution in [3.8, 4) is 11.3 Å². The fraction of sp³-hybridized carbons (Fsp3) is 0.167. The van der Waals surface area contributed by atoms with Crippen LogP contribution < -0.4 is 5.56 Å². The zero-order valence-electron chi connectivity index (χ0n) is 14.6. The van der Waals surface area contributed by atoms with Crippen LogP contribution in [0.15, 0.2) is 41.2 Å². The van der Waals surface area contributed by atoms with Gasteiger partial charge in [-0.3, -0.25) is 9.89 Å². The Kier molecular flexibility index (Phi) is 4.28. The summed E-state index contributed by atoms with van der Waals surface area (Å²) in [5.41, 5.74) is 3.32. The minimum Gasteiger partial charge on any atom is -0.453 e. The number of ether oxygens (including phenoxy) is 1. The molecule has 0 saturated heterocycles. The largest absolute Gasteiger partial charge is 0.453 e. The maximum Gasteiger partial charge on any atom is 0.356 e. The van der Waals surface area contributed by atoms with E-state index in [2.05, 4.69) is 20.3 Å². The molecule has 27 heavy (non-hydrogen) atoms. The molecule has 0 aliphatic heterocycles. The summed E-state index contributed by atoms with van der Waals surface area (Å²) in [6.45, 7) is 3.69. The number of nitrogens with one attached hydrogen (secondary N) is 1. The average molecular weight is 381 g/mol. The van der Waals surface area contributed by atoms with Crippen molar-refractivity contribution in [3.05, 3.63) is 68.7 Å². The van der Waals surface area contributed by atoms with Crippen molar-refractivity contribution in [2.75, 3.05) is 0 Å². The summed E-state index contributed by atoms with van der Waals surface area (Å²) in [7, 11) is 0. The second kappa shape index (κ2) is 6.76. The van der Waals surface area contributed by atoms with Crippen LogP contribution in [0, 0.1) is 13.8 Å². The summed E-state index contributed by atoms with van der Waals surface area (Å²) in [5, 5.41) is 11.5. The van der Waals surface area contributed by atoms with Crippen molar-refractivity contribution in [2.24, 2.45) is 0 Å². The molecule has 0 aliphatic rings. The predicted octanol–water partition coefficient (Wildman–Crippen LogP) is 2.51. The molecule has 0 saturated carbocycles. The van der Waals surface area contributed by atoms with Gasteiger partial charge in [-0.15, -0.1) is 0 Å². The van der Waals surface area contributed by atoms with Crippen LogP contribution in [0.5, 0.6) is 0 Å². The smallest absolute Gasteiger partial charge is 0.356 e. The van der Waals surface area contributed by atoms with E-state index in [1.165, 1.54) is 21.9 Å². The average Bonchev–Trinajstić information content (AvgIpc) is 3.27. The number of fused-ring (bicyclic) bond motifs is 1. The molecule has 0 bridgehead atoms. The molecule has 9 heteroatoms. The van der Waals surface area contributed by atoms with Crippen LogP contribution >= 0.6 is 11.3 Å². The summed E-state index contributed by atoms with van der Waals surface area (Å²) < 4.78 is 6.48. The number of carbonyl (C=O) groups is 1. The van der Waals surface area contributed by atoms with Crippen LogP contribution in [0.1, 0.15) is 26.8 Å². The van der Waals surface area contributed by atoms with Crippen molar-refractivity contribution < 1.29 is 9.53 Å². The van der Waals surface area contributed by atoms with Crippen molar-refractivity contribution in [3.63, 3.8) is 0 Å². The van der Waals surface area contributed by atoms with Crippen LogP contribution in [0.2, 0.25) is 0 Å².